The molecule has 0 radical (unpaired) electrons. The SMILES string of the molecule is NCCOC(=O)c1ccc(NCc2ccc(F)cc2)nc1N. The van der Waals surface area contributed by atoms with Gasteiger partial charge in [0.05, 0.1) is 0 Å². The van der Waals surface area contributed by atoms with E-state index < -0.39 is 5.97 Å². The smallest absolute Gasteiger partial charge is 0.341 e. The molecule has 0 unspecified atom stereocenters. The predicted molar refractivity (Wildman–Crippen MR) is 81.7 cm³/mol. The molecule has 2 rings (SSSR count). The molecule has 1 aromatic carbocycles. The molecule has 0 saturated carbocycles. The van der Waals surface area contributed by atoms with Crippen LogP contribution >= 0.6 is 0 Å². The Balaban J connectivity index is 1.99. The van der Waals surface area contributed by atoms with Crippen molar-refractivity contribution >= 4 is 17.6 Å². The zero-order valence-corrected chi connectivity index (χ0v) is 11.9. The van der Waals surface area contributed by atoms with E-state index in [4.69, 9.17) is 16.2 Å². The second-order valence-corrected chi connectivity index (χ2v) is 4.53. The number of hydrogen-bond donors (Lipinski definition) is 3. The predicted octanol–water partition coefficient (Wildman–Crippen LogP) is 1.53. The third kappa shape index (κ3) is 4.16. The van der Waals surface area contributed by atoms with Crippen LogP contribution in [0.4, 0.5) is 16.0 Å². The highest BCUT2D eigenvalue weighted by molar-refractivity contribution is 5.94. The van der Waals surface area contributed by atoms with Gasteiger partial charge < -0.3 is 21.5 Å². The lowest BCUT2D eigenvalue weighted by molar-refractivity contribution is 0.0517. The largest absolute Gasteiger partial charge is 0.461 e. The number of nitrogens with zero attached hydrogens (tertiary/aromatic N) is 1. The molecule has 2 aromatic rings. The van der Waals surface area contributed by atoms with Crippen molar-refractivity contribution in [2.75, 3.05) is 24.2 Å². The van der Waals surface area contributed by atoms with Gasteiger partial charge in [0.15, 0.2) is 0 Å². The number of rotatable bonds is 6. The monoisotopic (exact) mass is 304 g/mol. The summed E-state index contributed by atoms with van der Waals surface area (Å²) in [6.45, 7) is 0.836. The molecule has 1 heterocycles. The quantitative estimate of drug-likeness (QED) is 0.699. The molecule has 116 valence electrons. The minimum Gasteiger partial charge on any atom is -0.461 e. The Bertz CT molecular complexity index is 646. The van der Waals surface area contributed by atoms with Gasteiger partial charge in [0.25, 0.3) is 0 Å². The number of carbonyl (C=O) groups is 1. The molecule has 22 heavy (non-hydrogen) atoms. The topological polar surface area (TPSA) is 103 Å². The molecule has 7 heteroatoms. The fraction of sp³-hybridized carbons (Fsp3) is 0.200. The Labute approximate surface area is 127 Å². The number of anilines is 2. The van der Waals surface area contributed by atoms with Crippen molar-refractivity contribution in [2.45, 2.75) is 6.54 Å². The molecule has 0 atom stereocenters. The molecule has 0 fully saturated rings. The van der Waals surface area contributed by atoms with Crippen LogP contribution in [0.2, 0.25) is 0 Å². The number of carbonyl (C=O) groups excluding carboxylic acids is 1. The fourth-order valence-electron chi connectivity index (χ4n) is 1.77. The summed E-state index contributed by atoms with van der Waals surface area (Å²) >= 11 is 0. The fourth-order valence-corrected chi connectivity index (χ4v) is 1.77. The molecule has 0 aliphatic heterocycles. The molecule has 0 saturated heterocycles. The third-order valence-corrected chi connectivity index (χ3v) is 2.88. The standard InChI is InChI=1S/C15H17FN4O2/c16-11-3-1-10(2-4-11)9-19-13-6-5-12(14(18)20-13)15(21)22-8-7-17/h1-6H,7-9,17H2,(H3,18,19,20). The van der Waals surface area contributed by atoms with E-state index in [0.29, 0.717) is 12.4 Å². The zero-order chi connectivity index (χ0) is 15.9. The van der Waals surface area contributed by atoms with Crippen LogP contribution in [-0.2, 0) is 11.3 Å². The Morgan fingerprint density at radius 1 is 1.23 bits per heavy atom. The van der Waals surface area contributed by atoms with Crippen molar-refractivity contribution in [1.82, 2.24) is 4.98 Å². The zero-order valence-electron chi connectivity index (χ0n) is 11.9. The van der Waals surface area contributed by atoms with Gasteiger partial charge in [-0.3, -0.25) is 0 Å². The first-order valence-corrected chi connectivity index (χ1v) is 6.72. The van der Waals surface area contributed by atoms with E-state index in [-0.39, 0.29) is 30.4 Å². The number of aromatic nitrogens is 1. The number of esters is 1. The molecule has 0 aliphatic carbocycles. The lowest BCUT2D eigenvalue weighted by atomic mass is 10.2. The summed E-state index contributed by atoms with van der Waals surface area (Å²) in [6.07, 6.45) is 0. The Morgan fingerprint density at radius 3 is 2.59 bits per heavy atom. The van der Waals surface area contributed by atoms with Crippen LogP contribution in [0.5, 0.6) is 0 Å². The summed E-state index contributed by atoms with van der Waals surface area (Å²) in [6, 6.07) is 9.27. The van der Waals surface area contributed by atoms with Gasteiger partial charge in [0, 0.05) is 13.1 Å². The molecular weight excluding hydrogens is 287 g/mol. The number of halogens is 1. The van der Waals surface area contributed by atoms with E-state index in [1.165, 1.54) is 18.2 Å². The molecule has 0 aliphatic rings. The van der Waals surface area contributed by atoms with Gasteiger partial charge >= 0.3 is 5.97 Å². The van der Waals surface area contributed by atoms with Crippen molar-refractivity contribution < 1.29 is 13.9 Å². The lowest BCUT2D eigenvalue weighted by Crippen LogP contribution is -2.15. The van der Waals surface area contributed by atoms with E-state index in [2.05, 4.69) is 10.3 Å². The van der Waals surface area contributed by atoms with Gasteiger partial charge in [0.2, 0.25) is 0 Å². The highest BCUT2D eigenvalue weighted by Crippen LogP contribution is 2.15. The minimum atomic E-state index is -0.555. The average Bonchev–Trinajstić information content (AvgIpc) is 2.52. The first kappa shape index (κ1) is 15.7. The summed E-state index contributed by atoms with van der Waals surface area (Å²) in [7, 11) is 0. The number of ether oxygens (including phenoxy) is 1. The second kappa shape index (κ2) is 7.37. The Morgan fingerprint density at radius 2 is 1.95 bits per heavy atom. The minimum absolute atomic E-state index is 0.0751. The van der Waals surface area contributed by atoms with Gasteiger partial charge in [0.1, 0.15) is 29.6 Å². The molecule has 0 spiro atoms. The van der Waals surface area contributed by atoms with E-state index in [0.717, 1.165) is 5.56 Å². The van der Waals surface area contributed by atoms with Gasteiger partial charge in [-0.15, -0.1) is 0 Å². The highest BCUT2D eigenvalue weighted by Gasteiger charge is 2.12. The van der Waals surface area contributed by atoms with E-state index in [9.17, 15) is 9.18 Å². The number of nitrogen functional groups attached to an aromatic ring is 1. The van der Waals surface area contributed by atoms with Crippen LogP contribution < -0.4 is 16.8 Å². The molecule has 1 aromatic heterocycles. The number of hydrogen-bond acceptors (Lipinski definition) is 6. The maximum Gasteiger partial charge on any atom is 0.341 e. The summed E-state index contributed by atoms with van der Waals surface area (Å²) in [4.78, 5) is 15.8. The first-order chi connectivity index (χ1) is 10.6. The van der Waals surface area contributed by atoms with E-state index in [1.54, 1.807) is 18.2 Å². The summed E-state index contributed by atoms with van der Waals surface area (Å²) < 4.78 is 17.7. The summed E-state index contributed by atoms with van der Waals surface area (Å²) in [5.41, 5.74) is 12.1. The van der Waals surface area contributed by atoms with Crippen molar-refractivity contribution in [2.24, 2.45) is 5.73 Å². The normalized spacial score (nSPS) is 10.3. The lowest BCUT2D eigenvalue weighted by Gasteiger charge is -2.09. The van der Waals surface area contributed by atoms with Crippen molar-refractivity contribution in [3.63, 3.8) is 0 Å². The average molecular weight is 304 g/mol. The Hall–Kier alpha value is -2.67. The van der Waals surface area contributed by atoms with Gasteiger partial charge in [-0.2, -0.15) is 0 Å². The van der Waals surface area contributed by atoms with E-state index in [1.807, 2.05) is 0 Å². The van der Waals surface area contributed by atoms with Crippen LogP contribution in [0.25, 0.3) is 0 Å². The molecule has 0 amide bonds. The van der Waals surface area contributed by atoms with Gasteiger partial charge in [-0.05, 0) is 29.8 Å². The summed E-state index contributed by atoms with van der Waals surface area (Å²) in [5, 5.41) is 3.04. The molecule has 0 bridgehead atoms. The van der Waals surface area contributed by atoms with Crippen LogP contribution in [0.3, 0.4) is 0 Å². The first-order valence-electron chi connectivity index (χ1n) is 6.72. The molecule has 6 nitrogen and oxygen atoms in total. The number of pyridine rings is 1. The molecule has 5 N–H and O–H groups in total. The van der Waals surface area contributed by atoms with Gasteiger partial charge in [-0.25, -0.2) is 14.2 Å². The van der Waals surface area contributed by atoms with Crippen molar-refractivity contribution in [3.8, 4) is 0 Å². The van der Waals surface area contributed by atoms with Crippen LogP contribution in [0, 0.1) is 5.82 Å². The third-order valence-electron chi connectivity index (χ3n) is 2.88. The van der Waals surface area contributed by atoms with Crippen LogP contribution in [0.15, 0.2) is 36.4 Å². The number of nitrogens with one attached hydrogen (secondary N) is 1. The highest BCUT2D eigenvalue weighted by atomic mass is 19.1. The maximum atomic E-state index is 12.8. The van der Waals surface area contributed by atoms with Gasteiger partial charge in [-0.1, -0.05) is 12.1 Å². The number of nitrogens with two attached hydrogens (primary N) is 2. The molecular formula is C15H17FN4O2. The summed E-state index contributed by atoms with van der Waals surface area (Å²) in [5.74, 6) is -0.254. The second-order valence-electron chi connectivity index (χ2n) is 4.53. The van der Waals surface area contributed by atoms with E-state index >= 15 is 0 Å². The Kier molecular flexibility index (Phi) is 5.26. The number of benzene rings is 1. The van der Waals surface area contributed by atoms with Crippen molar-refractivity contribution in [1.29, 1.82) is 0 Å². The van der Waals surface area contributed by atoms with Crippen molar-refractivity contribution in [3.05, 3.63) is 53.3 Å². The maximum absolute atomic E-state index is 12.8. The van der Waals surface area contributed by atoms with Crippen LogP contribution in [-0.4, -0.2) is 24.1 Å². The van der Waals surface area contributed by atoms with Crippen LogP contribution in [0.1, 0.15) is 15.9 Å².